The smallest absolute Gasteiger partial charge is 0.450 e. The van der Waals surface area contributed by atoms with Gasteiger partial charge in [-0.3, -0.25) is 0 Å². The van der Waals surface area contributed by atoms with Gasteiger partial charge in [0.15, 0.2) is 0 Å². The molecule has 0 atom stereocenters. The van der Waals surface area contributed by atoms with Crippen LogP contribution in [0.3, 0.4) is 0 Å². The quantitative estimate of drug-likeness (QED) is 0.801. The van der Waals surface area contributed by atoms with Crippen LogP contribution in [0, 0.1) is 0 Å². The maximum absolute atomic E-state index is 10.5. The second-order valence-corrected chi connectivity index (χ2v) is 6.97. The molecular formula is C16H24O3. The first kappa shape index (κ1) is 15.5. The van der Waals surface area contributed by atoms with E-state index < -0.39 is 6.16 Å². The van der Waals surface area contributed by atoms with E-state index >= 15 is 0 Å². The molecule has 0 aliphatic carbocycles. The van der Waals surface area contributed by atoms with Crippen molar-refractivity contribution in [2.45, 2.75) is 59.0 Å². The predicted octanol–water partition coefficient (Wildman–Crippen LogP) is 4.48. The lowest BCUT2D eigenvalue weighted by atomic mass is 9.79. The molecule has 19 heavy (non-hydrogen) atoms. The Morgan fingerprint density at radius 1 is 1.00 bits per heavy atom. The molecule has 0 saturated carbocycles. The molecule has 0 amide bonds. The van der Waals surface area contributed by atoms with E-state index in [-0.39, 0.29) is 17.4 Å². The highest BCUT2D eigenvalue weighted by Gasteiger charge is 2.20. The van der Waals surface area contributed by atoms with E-state index in [1.54, 1.807) is 0 Å². The van der Waals surface area contributed by atoms with Gasteiger partial charge >= 0.3 is 6.16 Å². The summed E-state index contributed by atoms with van der Waals surface area (Å²) in [4.78, 5) is 10.5. The lowest BCUT2D eigenvalue weighted by Crippen LogP contribution is -2.17. The highest BCUT2D eigenvalue weighted by Crippen LogP contribution is 2.30. The number of benzene rings is 1. The van der Waals surface area contributed by atoms with E-state index in [9.17, 15) is 4.79 Å². The Morgan fingerprint density at radius 3 is 1.74 bits per heavy atom. The third kappa shape index (κ3) is 4.58. The fourth-order valence-corrected chi connectivity index (χ4v) is 1.79. The average Bonchev–Trinajstić information content (AvgIpc) is 2.23. The van der Waals surface area contributed by atoms with Crippen molar-refractivity contribution in [3.63, 3.8) is 0 Å². The zero-order chi connectivity index (χ0) is 14.8. The van der Waals surface area contributed by atoms with Crippen LogP contribution in [-0.4, -0.2) is 11.3 Å². The van der Waals surface area contributed by atoms with Crippen molar-refractivity contribution in [3.8, 4) is 0 Å². The number of carboxylic acid groups (broad SMARTS) is 1. The molecule has 1 rings (SSSR count). The minimum absolute atomic E-state index is 0.0270. The zero-order valence-corrected chi connectivity index (χ0v) is 12.7. The molecule has 0 spiro atoms. The van der Waals surface area contributed by atoms with Crippen LogP contribution in [0.1, 0.15) is 58.2 Å². The van der Waals surface area contributed by atoms with Crippen LogP contribution >= 0.6 is 0 Å². The van der Waals surface area contributed by atoms with E-state index in [1.807, 2.05) is 12.1 Å². The van der Waals surface area contributed by atoms with Gasteiger partial charge in [0, 0.05) is 0 Å². The minimum Gasteiger partial charge on any atom is -0.450 e. The summed E-state index contributed by atoms with van der Waals surface area (Å²) in [5, 5.41) is 8.61. The van der Waals surface area contributed by atoms with Crippen LogP contribution in [0.25, 0.3) is 0 Å². The monoisotopic (exact) mass is 264 g/mol. The Morgan fingerprint density at radius 2 is 1.42 bits per heavy atom. The van der Waals surface area contributed by atoms with Crippen molar-refractivity contribution in [1.82, 2.24) is 0 Å². The molecule has 0 aromatic heterocycles. The van der Waals surface area contributed by atoms with Crippen LogP contribution in [0.2, 0.25) is 0 Å². The molecule has 0 aliphatic rings. The molecule has 1 N–H and O–H groups in total. The summed E-state index contributed by atoms with van der Waals surface area (Å²) in [6.45, 7) is 13.0. The van der Waals surface area contributed by atoms with Crippen molar-refractivity contribution in [3.05, 3.63) is 34.9 Å². The molecule has 0 bridgehead atoms. The van der Waals surface area contributed by atoms with E-state index in [1.165, 1.54) is 11.1 Å². The number of hydrogen-bond donors (Lipinski definition) is 1. The van der Waals surface area contributed by atoms with Crippen LogP contribution in [0.4, 0.5) is 4.79 Å². The molecule has 3 nitrogen and oxygen atoms in total. The standard InChI is InChI=1S/C16H24O3/c1-15(2,3)12-7-11(10-19-14(17)18)8-13(9-12)16(4,5)6/h7-9H,10H2,1-6H3,(H,17,18). The van der Waals surface area contributed by atoms with Crippen molar-refractivity contribution in [2.24, 2.45) is 0 Å². The Hall–Kier alpha value is -1.51. The highest BCUT2D eigenvalue weighted by atomic mass is 16.7. The Bertz CT molecular complexity index is 430. The number of ether oxygens (including phenoxy) is 1. The van der Waals surface area contributed by atoms with Crippen molar-refractivity contribution in [2.75, 3.05) is 0 Å². The number of hydrogen-bond acceptors (Lipinski definition) is 2. The maximum atomic E-state index is 10.5. The summed E-state index contributed by atoms with van der Waals surface area (Å²) in [6.07, 6.45) is -1.24. The second kappa shape index (κ2) is 5.24. The van der Waals surface area contributed by atoms with E-state index in [0.717, 1.165) is 5.56 Å². The normalized spacial score (nSPS) is 12.3. The van der Waals surface area contributed by atoms with Crippen LogP contribution in [0.15, 0.2) is 18.2 Å². The predicted molar refractivity (Wildman–Crippen MR) is 76.7 cm³/mol. The van der Waals surface area contributed by atoms with Gasteiger partial charge in [0.2, 0.25) is 0 Å². The lowest BCUT2D eigenvalue weighted by molar-refractivity contribution is 0.0853. The summed E-state index contributed by atoms with van der Waals surface area (Å²) < 4.78 is 4.68. The molecule has 0 aliphatic heterocycles. The van der Waals surface area contributed by atoms with E-state index in [2.05, 4.69) is 52.3 Å². The SMILES string of the molecule is CC(C)(C)c1cc(COC(=O)O)cc(C(C)(C)C)c1. The summed E-state index contributed by atoms with van der Waals surface area (Å²) in [7, 11) is 0. The topological polar surface area (TPSA) is 46.5 Å². The van der Waals surface area contributed by atoms with Gasteiger partial charge in [-0.2, -0.15) is 0 Å². The summed E-state index contributed by atoms with van der Waals surface area (Å²) >= 11 is 0. The van der Waals surface area contributed by atoms with Crippen molar-refractivity contribution >= 4 is 6.16 Å². The fraction of sp³-hybridized carbons (Fsp3) is 0.562. The molecule has 0 radical (unpaired) electrons. The minimum atomic E-state index is -1.24. The third-order valence-corrected chi connectivity index (χ3v) is 3.09. The van der Waals surface area contributed by atoms with Gasteiger partial charge < -0.3 is 9.84 Å². The largest absolute Gasteiger partial charge is 0.506 e. The number of carbonyl (C=O) groups is 1. The summed E-state index contributed by atoms with van der Waals surface area (Å²) in [6, 6.07) is 6.25. The molecule has 0 fully saturated rings. The van der Waals surface area contributed by atoms with Gasteiger partial charge in [-0.1, -0.05) is 59.7 Å². The first-order valence-corrected chi connectivity index (χ1v) is 6.51. The fourth-order valence-electron chi connectivity index (χ4n) is 1.79. The molecule has 1 aromatic rings. The molecule has 3 heteroatoms. The Labute approximate surface area is 115 Å². The maximum Gasteiger partial charge on any atom is 0.506 e. The van der Waals surface area contributed by atoms with Crippen molar-refractivity contribution in [1.29, 1.82) is 0 Å². The number of rotatable bonds is 2. The summed E-state index contributed by atoms with van der Waals surface area (Å²) in [5.74, 6) is 0. The van der Waals surface area contributed by atoms with Gasteiger partial charge in [0.25, 0.3) is 0 Å². The van der Waals surface area contributed by atoms with Gasteiger partial charge in [-0.05, 0) is 27.5 Å². The molecular weight excluding hydrogens is 240 g/mol. The van der Waals surface area contributed by atoms with Crippen LogP contribution in [0.5, 0.6) is 0 Å². The molecule has 0 unspecified atom stereocenters. The van der Waals surface area contributed by atoms with Gasteiger partial charge in [0.1, 0.15) is 6.61 Å². The summed E-state index contributed by atoms with van der Waals surface area (Å²) in [5.41, 5.74) is 3.35. The zero-order valence-electron chi connectivity index (χ0n) is 12.7. The van der Waals surface area contributed by atoms with Gasteiger partial charge in [0.05, 0.1) is 0 Å². The van der Waals surface area contributed by atoms with Crippen LogP contribution in [-0.2, 0) is 22.2 Å². The molecule has 0 saturated heterocycles. The second-order valence-electron chi connectivity index (χ2n) is 6.97. The van der Waals surface area contributed by atoms with Gasteiger partial charge in [-0.25, -0.2) is 4.79 Å². The first-order chi connectivity index (χ1) is 8.50. The van der Waals surface area contributed by atoms with E-state index in [4.69, 9.17) is 5.11 Å². The van der Waals surface area contributed by atoms with Gasteiger partial charge in [-0.15, -0.1) is 0 Å². The average molecular weight is 264 g/mol. The molecule has 1 aromatic carbocycles. The lowest BCUT2D eigenvalue weighted by Gasteiger charge is -2.26. The van der Waals surface area contributed by atoms with E-state index in [0.29, 0.717) is 0 Å². The third-order valence-electron chi connectivity index (χ3n) is 3.09. The Balaban J connectivity index is 3.21. The molecule has 0 heterocycles. The van der Waals surface area contributed by atoms with Crippen molar-refractivity contribution < 1.29 is 14.6 Å². The Kier molecular flexibility index (Phi) is 4.28. The van der Waals surface area contributed by atoms with Crippen LogP contribution < -0.4 is 0 Å². The first-order valence-electron chi connectivity index (χ1n) is 6.51. The molecule has 106 valence electrons. The highest BCUT2D eigenvalue weighted by molar-refractivity contribution is 5.56.